The van der Waals surface area contributed by atoms with Crippen molar-refractivity contribution >= 4 is 16.7 Å². The maximum atomic E-state index is 12.3. The Morgan fingerprint density at radius 3 is 3.06 bits per heavy atom. The second-order valence-corrected chi connectivity index (χ2v) is 4.83. The molecule has 3 heteroatoms. The van der Waals surface area contributed by atoms with Crippen LogP contribution in [0, 0.1) is 5.92 Å². The van der Waals surface area contributed by atoms with E-state index in [1.165, 1.54) is 0 Å². The van der Waals surface area contributed by atoms with Crippen LogP contribution in [0.4, 0.5) is 0 Å². The van der Waals surface area contributed by atoms with Crippen LogP contribution < -0.4 is 0 Å². The molecule has 2 unspecified atom stereocenters. The zero-order valence-corrected chi connectivity index (χ0v) is 10.3. The van der Waals surface area contributed by atoms with E-state index in [1.54, 1.807) is 6.20 Å². The average molecular weight is 241 g/mol. The summed E-state index contributed by atoms with van der Waals surface area (Å²) in [6, 6.07) is 9.54. The van der Waals surface area contributed by atoms with Crippen molar-refractivity contribution in [3.8, 4) is 0 Å². The fourth-order valence-corrected chi connectivity index (χ4v) is 2.41. The van der Waals surface area contributed by atoms with Gasteiger partial charge in [0.05, 0.1) is 5.52 Å². The van der Waals surface area contributed by atoms with Gasteiger partial charge >= 0.3 is 0 Å². The molecule has 1 aliphatic rings. The summed E-state index contributed by atoms with van der Waals surface area (Å²) in [5.74, 6) is 0.379. The molecule has 0 spiro atoms. The molecule has 3 nitrogen and oxygen atoms in total. The van der Waals surface area contributed by atoms with Crippen LogP contribution in [0.1, 0.15) is 23.7 Å². The maximum absolute atomic E-state index is 12.3. The molecule has 1 aromatic heterocycles. The minimum Gasteiger partial charge on any atom is -0.370 e. The first-order valence-electron chi connectivity index (χ1n) is 6.26. The molecule has 2 atom stereocenters. The average Bonchev–Trinajstić information content (AvgIpc) is 2.83. The molecule has 0 amide bonds. The van der Waals surface area contributed by atoms with Crippen LogP contribution >= 0.6 is 0 Å². The number of nitrogens with zero attached hydrogens (tertiary/aromatic N) is 1. The van der Waals surface area contributed by atoms with Gasteiger partial charge in [-0.3, -0.25) is 9.78 Å². The topological polar surface area (TPSA) is 39.2 Å². The van der Waals surface area contributed by atoms with Crippen molar-refractivity contribution in [2.24, 2.45) is 5.92 Å². The zero-order valence-electron chi connectivity index (χ0n) is 10.3. The molecule has 0 aliphatic carbocycles. The predicted octanol–water partition coefficient (Wildman–Crippen LogP) is 2.84. The zero-order chi connectivity index (χ0) is 12.5. The summed E-state index contributed by atoms with van der Waals surface area (Å²) < 4.78 is 5.52. The second-order valence-electron chi connectivity index (χ2n) is 4.83. The van der Waals surface area contributed by atoms with Crippen molar-refractivity contribution in [3.63, 3.8) is 0 Å². The van der Waals surface area contributed by atoms with Gasteiger partial charge in [-0.15, -0.1) is 0 Å². The van der Waals surface area contributed by atoms with Gasteiger partial charge in [0.25, 0.3) is 0 Å². The number of carbonyl (C=O) groups is 1. The number of carbonyl (C=O) groups excluding carboxylic acids is 1. The lowest BCUT2D eigenvalue weighted by Gasteiger charge is -2.13. The molecule has 0 bridgehead atoms. The molecular formula is C15H15NO2. The Labute approximate surface area is 106 Å². The van der Waals surface area contributed by atoms with Crippen LogP contribution in [-0.4, -0.2) is 23.5 Å². The summed E-state index contributed by atoms with van der Waals surface area (Å²) in [5, 5.41) is 1.05. The van der Waals surface area contributed by atoms with E-state index in [4.69, 9.17) is 4.74 Å². The molecule has 0 saturated carbocycles. The van der Waals surface area contributed by atoms with Gasteiger partial charge in [0.1, 0.15) is 6.10 Å². The van der Waals surface area contributed by atoms with Crippen molar-refractivity contribution in [1.82, 2.24) is 4.98 Å². The highest BCUT2D eigenvalue weighted by Gasteiger charge is 2.31. The summed E-state index contributed by atoms with van der Waals surface area (Å²) in [4.78, 5) is 16.6. The van der Waals surface area contributed by atoms with Gasteiger partial charge in [0.2, 0.25) is 0 Å². The molecular weight excluding hydrogens is 226 g/mol. The van der Waals surface area contributed by atoms with Crippen LogP contribution in [0.15, 0.2) is 36.5 Å². The van der Waals surface area contributed by atoms with Gasteiger partial charge in [0, 0.05) is 23.8 Å². The quantitative estimate of drug-likeness (QED) is 0.759. The standard InChI is InChI=1S/C15H15NO2/c1-10-6-8-18-15(10)14(17)12-5-4-11-3-2-7-16-13(11)9-12/h2-5,7,9-10,15H,6,8H2,1H3. The van der Waals surface area contributed by atoms with Gasteiger partial charge < -0.3 is 4.74 Å². The predicted molar refractivity (Wildman–Crippen MR) is 69.6 cm³/mol. The number of fused-ring (bicyclic) bond motifs is 1. The van der Waals surface area contributed by atoms with E-state index in [0.29, 0.717) is 18.1 Å². The molecule has 2 aromatic rings. The molecule has 1 aliphatic heterocycles. The Hall–Kier alpha value is -1.74. The Morgan fingerprint density at radius 2 is 2.28 bits per heavy atom. The lowest BCUT2D eigenvalue weighted by atomic mass is 9.95. The van der Waals surface area contributed by atoms with E-state index in [9.17, 15) is 4.79 Å². The molecule has 1 fully saturated rings. The molecule has 0 radical (unpaired) electrons. The number of hydrogen-bond donors (Lipinski definition) is 0. The Kier molecular flexibility index (Phi) is 2.84. The lowest BCUT2D eigenvalue weighted by Crippen LogP contribution is -2.25. The van der Waals surface area contributed by atoms with Gasteiger partial charge in [-0.1, -0.05) is 25.1 Å². The number of rotatable bonds is 2. The summed E-state index contributed by atoms with van der Waals surface area (Å²) in [6.45, 7) is 2.75. The number of hydrogen-bond acceptors (Lipinski definition) is 3. The van der Waals surface area contributed by atoms with E-state index in [-0.39, 0.29) is 11.9 Å². The minimum absolute atomic E-state index is 0.0764. The summed E-state index contributed by atoms with van der Waals surface area (Å²) in [7, 11) is 0. The van der Waals surface area contributed by atoms with Crippen LogP contribution in [0.2, 0.25) is 0 Å². The van der Waals surface area contributed by atoms with Crippen molar-refractivity contribution < 1.29 is 9.53 Å². The van der Waals surface area contributed by atoms with E-state index in [2.05, 4.69) is 11.9 Å². The molecule has 0 N–H and O–H groups in total. The van der Waals surface area contributed by atoms with Crippen molar-refractivity contribution in [2.45, 2.75) is 19.4 Å². The number of benzene rings is 1. The van der Waals surface area contributed by atoms with Crippen LogP contribution in [0.5, 0.6) is 0 Å². The van der Waals surface area contributed by atoms with E-state index >= 15 is 0 Å². The number of Topliss-reactive ketones (excluding diaryl/α,β-unsaturated/α-hetero) is 1. The fraction of sp³-hybridized carbons (Fsp3) is 0.333. The Morgan fingerprint density at radius 1 is 1.39 bits per heavy atom. The van der Waals surface area contributed by atoms with Crippen molar-refractivity contribution in [2.75, 3.05) is 6.61 Å². The van der Waals surface area contributed by atoms with Gasteiger partial charge in [-0.05, 0) is 24.5 Å². The number of aromatic nitrogens is 1. The van der Waals surface area contributed by atoms with E-state index in [0.717, 1.165) is 17.3 Å². The number of ketones is 1. The molecule has 1 aromatic carbocycles. The van der Waals surface area contributed by atoms with Crippen LogP contribution in [0.3, 0.4) is 0 Å². The van der Waals surface area contributed by atoms with E-state index in [1.807, 2.05) is 30.3 Å². The molecule has 1 saturated heterocycles. The highest BCUT2D eigenvalue weighted by atomic mass is 16.5. The Bertz CT molecular complexity index is 594. The monoisotopic (exact) mass is 241 g/mol. The summed E-state index contributed by atoms with van der Waals surface area (Å²) in [5.41, 5.74) is 1.55. The number of pyridine rings is 1. The first-order valence-corrected chi connectivity index (χ1v) is 6.26. The largest absolute Gasteiger partial charge is 0.370 e. The smallest absolute Gasteiger partial charge is 0.191 e. The minimum atomic E-state index is -0.286. The molecule has 3 rings (SSSR count). The SMILES string of the molecule is CC1CCOC1C(=O)c1ccc2cccnc2c1. The first-order chi connectivity index (χ1) is 8.75. The maximum Gasteiger partial charge on any atom is 0.191 e. The third-order valence-electron chi connectivity index (χ3n) is 3.54. The third-order valence-corrected chi connectivity index (χ3v) is 3.54. The van der Waals surface area contributed by atoms with Gasteiger partial charge in [0.15, 0.2) is 5.78 Å². The molecule has 92 valence electrons. The molecule has 2 heterocycles. The third kappa shape index (κ3) is 1.91. The fourth-order valence-electron chi connectivity index (χ4n) is 2.41. The summed E-state index contributed by atoms with van der Waals surface area (Å²) in [6.07, 6.45) is 2.42. The highest BCUT2D eigenvalue weighted by Crippen LogP contribution is 2.24. The van der Waals surface area contributed by atoms with E-state index < -0.39 is 0 Å². The van der Waals surface area contributed by atoms with Crippen LogP contribution in [0.25, 0.3) is 10.9 Å². The van der Waals surface area contributed by atoms with Crippen molar-refractivity contribution in [1.29, 1.82) is 0 Å². The lowest BCUT2D eigenvalue weighted by molar-refractivity contribution is 0.0579. The molecule has 18 heavy (non-hydrogen) atoms. The number of ether oxygens (including phenoxy) is 1. The van der Waals surface area contributed by atoms with Gasteiger partial charge in [-0.2, -0.15) is 0 Å². The van der Waals surface area contributed by atoms with Crippen molar-refractivity contribution in [3.05, 3.63) is 42.1 Å². The highest BCUT2D eigenvalue weighted by molar-refractivity contribution is 6.02. The second kappa shape index (κ2) is 4.50. The van der Waals surface area contributed by atoms with Gasteiger partial charge in [-0.25, -0.2) is 0 Å². The summed E-state index contributed by atoms with van der Waals surface area (Å²) >= 11 is 0. The normalized spacial score (nSPS) is 23.4. The Balaban J connectivity index is 1.96. The van der Waals surface area contributed by atoms with Crippen LogP contribution in [-0.2, 0) is 4.74 Å². The first kappa shape index (κ1) is 11.4.